The number of rotatable bonds is 3. The molecule has 2 rings (SSSR count). The van der Waals surface area contributed by atoms with Crippen LogP contribution in [0.4, 0.5) is 11.5 Å². The third-order valence-electron chi connectivity index (χ3n) is 3.10. The van der Waals surface area contributed by atoms with Crippen molar-refractivity contribution in [3.05, 3.63) is 36.4 Å². The van der Waals surface area contributed by atoms with Gasteiger partial charge in [0.05, 0.1) is 5.69 Å². The van der Waals surface area contributed by atoms with Crippen LogP contribution in [0.5, 0.6) is 0 Å². The third kappa shape index (κ3) is 3.02. The van der Waals surface area contributed by atoms with Gasteiger partial charge in [0, 0.05) is 30.7 Å². The van der Waals surface area contributed by atoms with Gasteiger partial charge in [0.15, 0.2) is 0 Å². The van der Waals surface area contributed by atoms with Crippen LogP contribution in [-0.2, 0) is 4.57 Å². The van der Waals surface area contributed by atoms with Crippen LogP contribution in [-0.4, -0.2) is 32.4 Å². The fraction of sp³-hybridized carbons (Fsp3) is 0.267. The summed E-state index contributed by atoms with van der Waals surface area (Å²) in [7, 11) is 1.51. The third-order valence-corrected chi connectivity index (χ3v) is 4.65. The average molecular weight is 289 g/mol. The Hall–Kier alpha value is -1.80. The van der Waals surface area contributed by atoms with Crippen LogP contribution in [0.1, 0.15) is 0 Å². The highest BCUT2D eigenvalue weighted by molar-refractivity contribution is 7.70. The van der Waals surface area contributed by atoms with Crippen LogP contribution in [0.2, 0.25) is 0 Å². The Morgan fingerprint density at radius 2 is 1.85 bits per heavy atom. The van der Waals surface area contributed by atoms with E-state index in [1.165, 1.54) is 0 Å². The van der Waals surface area contributed by atoms with Crippen LogP contribution >= 0.6 is 7.14 Å². The summed E-state index contributed by atoms with van der Waals surface area (Å²) in [6, 6.07) is 11.5. The summed E-state index contributed by atoms with van der Waals surface area (Å²) in [5.74, 6) is 0.886. The van der Waals surface area contributed by atoms with Crippen molar-refractivity contribution in [2.24, 2.45) is 0 Å². The van der Waals surface area contributed by atoms with E-state index in [0.717, 1.165) is 17.1 Å². The van der Waals surface area contributed by atoms with Crippen molar-refractivity contribution in [2.75, 3.05) is 38.1 Å². The second kappa shape index (κ2) is 5.29. The molecular formula is C15H20N3OP. The van der Waals surface area contributed by atoms with Crippen molar-refractivity contribution in [2.45, 2.75) is 0 Å². The Labute approximate surface area is 120 Å². The lowest BCUT2D eigenvalue weighted by molar-refractivity contribution is 0.588. The second-order valence-corrected chi connectivity index (χ2v) is 8.58. The van der Waals surface area contributed by atoms with Gasteiger partial charge in [-0.1, -0.05) is 12.1 Å². The summed E-state index contributed by atoms with van der Waals surface area (Å²) in [5.41, 5.74) is 8.29. The molecule has 0 atom stereocenters. The fourth-order valence-electron chi connectivity index (χ4n) is 2.00. The second-order valence-electron chi connectivity index (χ2n) is 5.40. The molecule has 106 valence electrons. The van der Waals surface area contributed by atoms with E-state index in [-0.39, 0.29) is 0 Å². The molecule has 0 bridgehead atoms. The van der Waals surface area contributed by atoms with E-state index in [0.29, 0.717) is 11.0 Å². The van der Waals surface area contributed by atoms with Crippen molar-refractivity contribution in [1.82, 2.24) is 4.98 Å². The highest BCUT2D eigenvalue weighted by Crippen LogP contribution is 2.38. The van der Waals surface area contributed by atoms with E-state index >= 15 is 0 Å². The van der Waals surface area contributed by atoms with Gasteiger partial charge in [-0.2, -0.15) is 0 Å². The Kier molecular flexibility index (Phi) is 3.87. The van der Waals surface area contributed by atoms with E-state index < -0.39 is 7.14 Å². The van der Waals surface area contributed by atoms with Crippen molar-refractivity contribution >= 4 is 24.0 Å². The monoisotopic (exact) mass is 289 g/mol. The number of nitrogens with two attached hydrogens (primary N) is 1. The molecule has 0 aliphatic rings. The standard InChI is InChI=1S/C15H20N3OP/c1-18(2)15-7-5-6-13(17-15)11-8-9-12(16)14(10-11)20(3,4)19/h5-10H,16H2,1-4H3. The van der Waals surface area contributed by atoms with Crippen LogP contribution in [0.15, 0.2) is 36.4 Å². The molecule has 0 amide bonds. The smallest absolute Gasteiger partial charge is 0.128 e. The summed E-state index contributed by atoms with van der Waals surface area (Å²) in [6.07, 6.45) is 0. The maximum absolute atomic E-state index is 12.3. The first kappa shape index (κ1) is 14.6. The first-order valence-electron chi connectivity index (χ1n) is 6.39. The summed E-state index contributed by atoms with van der Waals surface area (Å²) in [6.45, 7) is 3.46. The highest BCUT2D eigenvalue weighted by Gasteiger charge is 2.16. The van der Waals surface area contributed by atoms with E-state index in [4.69, 9.17) is 5.73 Å². The lowest BCUT2D eigenvalue weighted by Gasteiger charge is -2.14. The highest BCUT2D eigenvalue weighted by atomic mass is 31.2. The van der Waals surface area contributed by atoms with Gasteiger partial charge in [-0.05, 0) is 37.6 Å². The molecule has 0 aliphatic carbocycles. The number of nitrogens with zero attached hydrogens (tertiary/aromatic N) is 2. The summed E-state index contributed by atoms with van der Waals surface area (Å²) < 4.78 is 12.3. The van der Waals surface area contributed by atoms with Gasteiger partial charge < -0.3 is 15.2 Å². The molecule has 2 aromatic rings. The van der Waals surface area contributed by atoms with E-state index in [1.54, 1.807) is 19.4 Å². The zero-order chi connectivity index (χ0) is 14.9. The van der Waals surface area contributed by atoms with Crippen LogP contribution in [0, 0.1) is 0 Å². The van der Waals surface area contributed by atoms with Crippen LogP contribution in [0.3, 0.4) is 0 Å². The number of hydrogen-bond acceptors (Lipinski definition) is 4. The van der Waals surface area contributed by atoms with Crippen molar-refractivity contribution in [3.8, 4) is 11.3 Å². The number of nitrogen functional groups attached to an aromatic ring is 1. The van der Waals surface area contributed by atoms with Gasteiger partial charge in [0.25, 0.3) is 0 Å². The van der Waals surface area contributed by atoms with Gasteiger partial charge in [-0.3, -0.25) is 0 Å². The molecule has 4 nitrogen and oxygen atoms in total. The first-order valence-corrected chi connectivity index (χ1v) is 8.99. The predicted octanol–water partition coefficient (Wildman–Crippen LogP) is 2.64. The normalized spacial score (nSPS) is 11.4. The van der Waals surface area contributed by atoms with Crippen LogP contribution in [0.25, 0.3) is 11.3 Å². The molecule has 5 heteroatoms. The quantitative estimate of drug-likeness (QED) is 0.697. The average Bonchev–Trinajstić information content (AvgIpc) is 2.38. The Bertz CT molecular complexity index is 677. The predicted molar refractivity (Wildman–Crippen MR) is 87.5 cm³/mol. The Morgan fingerprint density at radius 1 is 1.15 bits per heavy atom. The molecule has 1 aromatic carbocycles. The number of benzene rings is 1. The molecular weight excluding hydrogens is 269 g/mol. The zero-order valence-corrected chi connectivity index (χ0v) is 13.2. The molecule has 0 aliphatic heterocycles. The number of pyridine rings is 1. The fourth-order valence-corrected chi connectivity index (χ4v) is 3.15. The number of aromatic nitrogens is 1. The number of hydrogen-bond donors (Lipinski definition) is 1. The maximum atomic E-state index is 12.3. The largest absolute Gasteiger partial charge is 0.398 e. The summed E-state index contributed by atoms with van der Waals surface area (Å²) >= 11 is 0. The first-order chi connectivity index (χ1) is 9.29. The SMILES string of the molecule is CN(C)c1cccc(-c2ccc(N)c(P(C)(C)=O)c2)n1. The van der Waals surface area contributed by atoms with Gasteiger partial charge in [0.1, 0.15) is 13.0 Å². The van der Waals surface area contributed by atoms with Crippen molar-refractivity contribution < 1.29 is 4.57 Å². The van der Waals surface area contributed by atoms with E-state index in [2.05, 4.69) is 4.98 Å². The van der Waals surface area contributed by atoms with Crippen molar-refractivity contribution in [1.29, 1.82) is 0 Å². The Morgan fingerprint density at radius 3 is 2.45 bits per heavy atom. The molecule has 20 heavy (non-hydrogen) atoms. The van der Waals surface area contributed by atoms with Gasteiger partial charge >= 0.3 is 0 Å². The summed E-state index contributed by atoms with van der Waals surface area (Å²) in [4.78, 5) is 6.54. The number of anilines is 2. The molecule has 1 heterocycles. The van der Waals surface area contributed by atoms with E-state index in [1.807, 2.05) is 49.3 Å². The lowest BCUT2D eigenvalue weighted by Crippen LogP contribution is -2.12. The zero-order valence-electron chi connectivity index (χ0n) is 12.3. The van der Waals surface area contributed by atoms with Crippen molar-refractivity contribution in [3.63, 3.8) is 0 Å². The molecule has 0 radical (unpaired) electrons. The topological polar surface area (TPSA) is 59.2 Å². The molecule has 2 N–H and O–H groups in total. The molecule has 0 unspecified atom stereocenters. The minimum Gasteiger partial charge on any atom is -0.398 e. The summed E-state index contributed by atoms with van der Waals surface area (Å²) in [5, 5.41) is 0.715. The van der Waals surface area contributed by atoms with Gasteiger partial charge in [-0.15, -0.1) is 0 Å². The lowest BCUT2D eigenvalue weighted by atomic mass is 10.1. The minimum absolute atomic E-state index is 0.575. The molecule has 0 spiro atoms. The van der Waals surface area contributed by atoms with Crippen LogP contribution < -0.4 is 15.9 Å². The maximum Gasteiger partial charge on any atom is 0.128 e. The molecule has 1 aromatic heterocycles. The Balaban J connectivity index is 2.54. The van der Waals surface area contributed by atoms with Gasteiger partial charge in [-0.25, -0.2) is 4.98 Å². The molecule has 0 saturated carbocycles. The van der Waals surface area contributed by atoms with E-state index in [9.17, 15) is 4.57 Å². The molecule has 0 saturated heterocycles. The van der Waals surface area contributed by atoms with Gasteiger partial charge in [0.2, 0.25) is 0 Å². The molecule has 0 fully saturated rings. The minimum atomic E-state index is -2.40.